The lowest BCUT2D eigenvalue weighted by Gasteiger charge is -2.33. The highest BCUT2D eigenvalue weighted by Gasteiger charge is 2.21. The van der Waals surface area contributed by atoms with Gasteiger partial charge in [-0.1, -0.05) is 0 Å². The van der Waals surface area contributed by atoms with Gasteiger partial charge >= 0.3 is 0 Å². The average molecular weight is 298 g/mol. The number of fused-ring (bicyclic) bond motifs is 1. The van der Waals surface area contributed by atoms with Crippen LogP contribution in [0, 0.1) is 5.41 Å². The molecular formula is C16H22N6. The molecule has 1 fully saturated rings. The smallest absolute Gasteiger partial charge is 0.141 e. The van der Waals surface area contributed by atoms with Crippen LogP contribution in [0.1, 0.15) is 31.4 Å². The van der Waals surface area contributed by atoms with Crippen molar-refractivity contribution >= 4 is 22.8 Å². The molecule has 2 aromatic heterocycles. The molecule has 0 aromatic carbocycles. The molecule has 6 nitrogen and oxygen atoms in total. The topological polar surface area (TPSA) is 94.7 Å². The molecule has 1 aliphatic rings. The van der Waals surface area contributed by atoms with Gasteiger partial charge in [0.2, 0.25) is 0 Å². The molecule has 0 amide bonds. The van der Waals surface area contributed by atoms with E-state index in [0.29, 0.717) is 12.1 Å². The maximum atomic E-state index is 7.75. The number of aromatic amines is 1. The molecular weight excluding hydrogens is 276 g/mol. The summed E-state index contributed by atoms with van der Waals surface area (Å²) in [6.07, 6.45) is 11.1. The van der Waals surface area contributed by atoms with E-state index in [-0.39, 0.29) is 0 Å². The van der Waals surface area contributed by atoms with E-state index in [1.165, 1.54) is 12.5 Å². The molecule has 3 rings (SSSR count). The van der Waals surface area contributed by atoms with Crippen molar-refractivity contribution in [1.82, 2.24) is 19.9 Å². The maximum absolute atomic E-state index is 7.75. The molecule has 0 spiro atoms. The van der Waals surface area contributed by atoms with E-state index < -0.39 is 0 Å². The van der Waals surface area contributed by atoms with Crippen molar-refractivity contribution in [3.63, 3.8) is 0 Å². The first-order valence-corrected chi connectivity index (χ1v) is 7.67. The predicted octanol–water partition coefficient (Wildman–Crippen LogP) is 2.15. The van der Waals surface area contributed by atoms with Gasteiger partial charge in [-0.05, 0) is 31.7 Å². The highest BCUT2D eigenvalue weighted by molar-refractivity contribution is 6.11. The van der Waals surface area contributed by atoms with E-state index in [9.17, 15) is 0 Å². The van der Waals surface area contributed by atoms with Crippen LogP contribution in [0.4, 0.5) is 0 Å². The average Bonchev–Trinajstić information content (AvgIpc) is 3.01. The van der Waals surface area contributed by atoms with E-state index in [1.807, 2.05) is 18.5 Å². The van der Waals surface area contributed by atoms with Crippen molar-refractivity contribution in [2.45, 2.75) is 37.8 Å². The molecule has 4 N–H and O–H groups in total. The lowest BCUT2D eigenvalue weighted by atomic mass is 9.91. The van der Waals surface area contributed by atoms with Gasteiger partial charge in [0.25, 0.3) is 0 Å². The Bertz CT molecular complexity index is 681. The predicted molar refractivity (Wildman–Crippen MR) is 88.6 cm³/mol. The first-order chi connectivity index (χ1) is 10.7. The number of nitrogens with one attached hydrogen (secondary N) is 2. The lowest BCUT2D eigenvalue weighted by molar-refractivity contribution is 0.240. The van der Waals surface area contributed by atoms with Crippen molar-refractivity contribution in [3.8, 4) is 0 Å². The largest absolute Gasteiger partial charge is 0.377 e. The van der Waals surface area contributed by atoms with Crippen molar-refractivity contribution in [2.24, 2.45) is 5.73 Å². The number of H-pyrrole nitrogens is 1. The third-order valence-corrected chi connectivity index (χ3v) is 4.44. The summed E-state index contributed by atoms with van der Waals surface area (Å²) in [6, 6.07) is 2.78. The number of nitrogens with two attached hydrogens (primary N) is 1. The summed E-state index contributed by atoms with van der Waals surface area (Å²) in [5, 5.41) is 8.70. The minimum absolute atomic E-state index is 0.345. The van der Waals surface area contributed by atoms with Crippen LogP contribution in [-0.4, -0.2) is 45.2 Å². The summed E-state index contributed by atoms with van der Waals surface area (Å²) in [4.78, 5) is 13.8. The van der Waals surface area contributed by atoms with Crippen LogP contribution in [0.3, 0.4) is 0 Å². The molecule has 0 unspecified atom stereocenters. The molecule has 0 atom stereocenters. The normalized spacial score (nSPS) is 22.7. The molecule has 0 aliphatic heterocycles. The van der Waals surface area contributed by atoms with Crippen molar-refractivity contribution < 1.29 is 0 Å². The first kappa shape index (κ1) is 14.7. The fourth-order valence-electron chi connectivity index (χ4n) is 3.10. The zero-order valence-electron chi connectivity index (χ0n) is 12.8. The minimum Gasteiger partial charge on any atom is -0.377 e. The van der Waals surface area contributed by atoms with Gasteiger partial charge in [-0.2, -0.15) is 0 Å². The number of aromatic nitrogens is 3. The van der Waals surface area contributed by atoms with E-state index in [0.717, 1.165) is 48.0 Å². The Balaban J connectivity index is 1.87. The van der Waals surface area contributed by atoms with Gasteiger partial charge in [-0.3, -0.25) is 0 Å². The van der Waals surface area contributed by atoms with Gasteiger partial charge in [0.05, 0.1) is 5.69 Å². The molecule has 6 heteroatoms. The van der Waals surface area contributed by atoms with Gasteiger partial charge < -0.3 is 21.0 Å². The third-order valence-electron chi connectivity index (χ3n) is 4.44. The molecule has 2 heterocycles. The molecule has 0 saturated heterocycles. The van der Waals surface area contributed by atoms with E-state index in [2.05, 4.69) is 26.9 Å². The Labute approximate surface area is 130 Å². The molecule has 116 valence electrons. The highest BCUT2D eigenvalue weighted by Crippen LogP contribution is 2.24. The fraction of sp³-hybridized carbons (Fsp3) is 0.438. The van der Waals surface area contributed by atoms with Gasteiger partial charge in [0, 0.05) is 48.7 Å². The number of hydrogen-bond acceptors (Lipinski definition) is 5. The summed E-state index contributed by atoms with van der Waals surface area (Å²) >= 11 is 0. The SMILES string of the molecule is CN(/C=C(\C=N)c1ncnc2[nH]ccc12)C1CCC(N)CC1. The summed E-state index contributed by atoms with van der Waals surface area (Å²) in [5.74, 6) is 0. The fourth-order valence-corrected chi connectivity index (χ4v) is 3.10. The molecule has 0 radical (unpaired) electrons. The second kappa shape index (κ2) is 6.27. The number of hydrogen-bond donors (Lipinski definition) is 3. The van der Waals surface area contributed by atoms with Crippen molar-refractivity contribution in [1.29, 1.82) is 5.41 Å². The van der Waals surface area contributed by atoms with E-state index in [1.54, 1.807) is 0 Å². The number of rotatable bonds is 4. The van der Waals surface area contributed by atoms with E-state index in [4.69, 9.17) is 11.1 Å². The summed E-state index contributed by atoms with van der Waals surface area (Å²) in [5.41, 5.74) is 8.36. The van der Waals surface area contributed by atoms with Crippen molar-refractivity contribution in [2.75, 3.05) is 7.05 Å². The zero-order valence-corrected chi connectivity index (χ0v) is 12.8. The third kappa shape index (κ3) is 2.87. The zero-order chi connectivity index (χ0) is 15.5. The van der Waals surface area contributed by atoms with Crippen LogP contribution in [0.15, 0.2) is 24.8 Å². The minimum atomic E-state index is 0.345. The van der Waals surface area contributed by atoms with Crippen LogP contribution in [0.5, 0.6) is 0 Å². The van der Waals surface area contributed by atoms with Crippen LogP contribution in [0.25, 0.3) is 16.6 Å². The molecule has 22 heavy (non-hydrogen) atoms. The maximum Gasteiger partial charge on any atom is 0.141 e. The Morgan fingerprint density at radius 2 is 2.14 bits per heavy atom. The molecule has 1 aliphatic carbocycles. The Hall–Kier alpha value is -2.21. The lowest BCUT2D eigenvalue weighted by Crippen LogP contribution is -2.36. The van der Waals surface area contributed by atoms with Gasteiger partial charge in [0.15, 0.2) is 0 Å². The Morgan fingerprint density at radius 1 is 1.36 bits per heavy atom. The summed E-state index contributed by atoms with van der Waals surface area (Å²) < 4.78 is 0. The second-order valence-electron chi connectivity index (χ2n) is 5.93. The molecule has 1 saturated carbocycles. The van der Waals surface area contributed by atoms with E-state index >= 15 is 0 Å². The monoisotopic (exact) mass is 298 g/mol. The Morgan fingerprint density at radius 3 is 2.86 bits per heavy atom. The number of allylic oxidation sites excluding steroid dienone is 1. The van der Waals surface area contributed by atoms with Crippen LogP contribution < -0.4 is 5.73 Å². The van der Waals surface area contributed by atoms with Crippen LogP contribution in [-0.2, 0) is 0 Å². The van der Waals surface area contributed by atoms with Gasteiger partial charge in [-0.15, -0.1) is 0 Å². The number of nitrogens with zero attached hydrogens (tertiary/aromatic N) is 3. The molecule has 2 aromatic rings. The van der Waals surface area contributed by atoms with Gasteiger partial charge in [0.1, 0.15) is 12.0 Å². The quantitative estimate of drug-likeness (QED) is 0.754. The standard InChI is InChI=1S/C16H22N6/c1-22(13-4-2-12(18)3-5-13)9-11(8-17)15-14-6-7-19-16(14)21-10-20-15/h6-10,12-13,17H,2-5,18H2,1H3,(H,19,20,21)/b11-9+,17-8?. The summed E-state index contributed by atoms with van der Waals surface area (Å²) in [6.45, 7) is 0. The van der Waals surface area contributed by atoms with Crippen LogP contribution >= 0.6 is 0 Å². The second-order valence-corrected chi connectivity index (χ2v) is 5.93. The highest BCUT2D eigenvalue weighted by atomic mass is 15.1. The molecule has 0 bridgehead atoms. The Kier molecular flexibility index (Phi) is 4.20. The summed E-state index contributed by atoms with van der Waals surface area (Å²) in [7, 11) is 2.07. The van der Waals surface area contributed by atoms with Gasteiger partial charge in [-0.25, -0.2) is 9.97 Å². The van der Waals surface area contributed by atoms with Crippen LogP contribution in [0.2, 0.25) is 0 Å². The first-order valence-electron chi connectivity index (χ1n) is 7.67. The van der Waals surface area contributed by atoms with Crippen molar-refractivity contribution in [3.05, 3.63) is 30.5 Å².